The molecular formula is C17H34BrNO. The van der Waals surface area contributed by atoms with Crippen molar-refractivity contribution < 1.29 is 4.79 Å². The molecule has 0 radical (unpaired) electrons. The van der Waals surface area contributed by atoms with Gasteiger partial charge in [0.25, 0.3) is 0 Å². The maximum absolute atomic E-state index is 11.6. The summed E-state index contributed by atoms with van der Waals surface area (Å²) in [7, 11) is 0. The van der Waals surface area contributed by atoms with E-state index in [2.05, 4.69) is 35.1 Å². The molecule has 1 unspecified atom stereocenters. The number of unbranched alkanes of at least 4 members (excludes halogenated alkanes) is 8. The fourth-order valence-corrected chi connectivity index (χ4v) is 2.49. The minimum Gasteiger partial charge on any atom is -0.356 e. The summed E-state index contributed by atoms with van der Waals surface area (Å²) >= 11 is 3.58. The van der Waals surface area contributed by atoms with Gasteiger partial charge in [0.2, 0.25) is 5.91 Å². The first kappa shape index (κ1) is 19.9. The molecule has 1 N–H and O–H groups in total. The third-order valence-electron chi connectivity index (χ3n) is 3.73. The predicted molar refractivity (Wildman–Crippen MR) is 92.5 cm³/mol. The molecule has 0 aromatic rings. The van der Waals surface area contributed by atoms with Gasteiger partial charge in [0, 0.05) is 17.8 Å². The second kappa shape index (κ2) is 15.3. The van der Waals surface area contributed by atoms with Crippen molar-refractivity contribution in [3.05, 3.63) is 0 Å². The van der Waals surface area contributed by atoms with Gasteiger partial charge in [-0.3, -0.25) is 4.79 Å². The number of hydrogen-bond acceptors (Lipinski definition) is 1. The molecule has 2 nitrogen and oxygen atoms in total. The van der Waals surface area contributed by atoms with E-state index < -0.39 is 0 Å². The van der Waals surface area contributed by atoms with E-state index in [1.54, 1.807) is 0 Å². The number of halogens is 1. The van der Waals surface area contributed by atoms with E-state index in [1.165, 1.54) is 51.4 Å². The Labute approximate surface area is 134 Å². The van der Waals surface area contributed by atoms with E-state index in [9.17, 15) is 4.79 Å². The lowest BCUT2D eigenvalue weighted by atomic mass is 10.1. The van der Waals surface area contributed by atoms with Crippen LogP contribution in [0.1, 0.15) is 90.9 Å². The number of amides is 1. The van der Waals surface area contributed by atoms with Crippen molar-refractivity contribution in [3.8, 4) is 0 Å². The van der Waals surface area contributed by atoms with Crippen LogP contribution in [0.5, 0.6) is 0 Å². The average Bonchev–Trinajstić information content (AvgIpc) is 2.45. The molecule has 0 fully saturated rings. The Morgan fingerprint density at radius 2 is 1.50 bits per heavy atom. The van der Waals surface area contributed by atoms with Gasteiger partial charge in [0.05, 0.1) is 0 Å². The fourth-order valence-electron chi connectivity index (χ4n) is 2.26. The molecule has 0 aromatic carbocycles. The van der Waals surface area contributed by atoms with Gasteiger partial charge < -0.3 is 5.32 Å². The van der Waals surface area contributed by atoms with E-state index in [4.69, 9.17) is 0 Å². The minimum atomic E-state index is 0.226. The number of alkyl halides is 1. The largest absolute Gasteiger partial charge is 0.356 e. The van der Waals surface area contributed by atoms with Gasteiger partial charge >= 0.3 is 0 Å². The zero-order valence-electron chi connectivity index (χ0n) is 13.6. The van der Waals surface area contributed by atoms with Gasteiger partial charge in [-0.15, -0.1) is 0 Å². The summed E-state index contributed by atoms with van der Waals surface area (Å²) in [5.41, 5.74) is 0. The number of nitrogens with one attached hydrogen (secondary N) is 1. The molecule has 3 heteroatoms. The van der Waals surface area contributed by atoms with Crippen molar-refractivity contribution in [2.24, 2.45) is 0 Å². The molecular weight excluding hydrogens is 314 g/mol. The highest BCUT2D eigenvalue weighted by Crippen LogP contribution is 2.10. The third-order valence-corrected chi connectivity index (χ3v) is 4.84. The van der Waals surface area contributed by atoms with Crippen LogP contribution in [0, 0.1) is 0 Å². The molecule has 0 rings (SSSR count). The quantitative estimate of drug-likeness (QED) is 0.322. The Balaban J connectivity index is 3.19. The van der Waals surface area contributed by atoms with Gasteiger partial charge in [-0.2, -0.15) is 0 Å². The Morgan fingerprint density at radius 3 is 2.05 bits per heavy atom. The highest BCUT2D eigenvalue weighted by Gasteiger charge is 2.03. The summed E-state index contributed by atoms with van der Waals surface area (Å²) in [6.45, 7) is 5.22. The summed E-state index contributed by atoms with van der Waals surface area (Å²) in [5, 5.41) is 3.00. The van der Waals surface area contributed by atoms with Crippen molar-refractivity contribution in [2.75, 3.05) is 6.54 Å². The number of hydrogen-bond donors (Lipinski definition) is 1. The van der Waals surface area contributed by atoms with Gasteiger partial charge in [-0.25, -0.2) is 0 Å². The maximum atomic E-state index is 11.6. The number of carbonyl (C=O) groups excluding carboxylic acids is 1. The van der Waals surface area contributed by atoms with E-state index in [-0.39, 0.29) is 5.91 Å². The first-order valence-corrected chi connectivity index (χ1v) is 9.53. The Kier molecular flexibility index (Phi) is 15.3. The summed E-state index contributed by atoms with van der Waals surface area (Å²) in [6, 6.07) is 0. The molecule has 0 aliphatic heterocycles. The summed E-state index contributed by atoms with van der Waals surface area (Å²) in [4.78, 5) is 12.1. The number of carbonyl (C=O) groups is 1. The van der Waals surface area contributed by atoms with Gasteiger partial charge in [-0.05, 0) is 19.3 Å². The van der Waals surface area contributed by atoms with Crippen LogP contribution in [0.3, 0.4) is 0 Å². The first-order valence-electron chi connectivity index (χ1n) is 8.61. The Morgan fingerprint density at radius 1 is 0.950 bits per heavy atom. The lowest BCUT2D eigenvalue weighted by molar-refractivity contribution is -0.121. The molecule has 0 saturated heterocycles. The molecule has 0 aliphatic rings. The summed E-state index contributed by atoms with van der Waals surface area (Å²) < 4.78 is 0. The normalized spacial score (nSPS) is 12.3. The monoisotopic (exact) mass is 347 g/mol. The molecule has 1 atom stereocenters. The topological polar surface area (TPSA) is 29.1 Å². The highest BCUT2D eigenvalue weighted by molar-refractivity contribution is 9.09. The maximum Gasteiger partial charge on any atom is 0.219 e. The molecule has 0 bridgehead atoms. The van der Waals surface area contributed by atoms with E-state index in [1.807, 2.05) is 0 Å². The van der Waals surface area contributed by atoms with Crippen molar-refractivity contribution in [1.82, 2.24) is 5.32 Å². The Bertz CT molecular complexity index is 221. The van der Waals surface area contributed by atoms with Crippen LogP contribution in [0.4, 0.5) is 0 Å². The van der Waals surface area contributed by atoms with Crippen LogP contribution in [0.25, 0.3) is 0 Å². The third kappa shape index (κ3) is 14.4. The van der Waals surface area contributed by atoms with Gasteiger partial charge in [0.1, 0.15) is 0 Å². The molecule has 1 amide bonds. The molecule has 120 valence electrons. The van der Waals surface area contributed by atoms with Crippen LogP contribution in [0.15, 0.2) is 0 Å². The first-order chi connectivity index (χ1) is 9.70. The van der Waals surface area contributed by atoms with E-state index in [0.29, 0.717) is 11.2 Å². The average molecular weight is 348 g/mol. The van der Waals surface area contributed by atoms with Crippen LogP contribution in [-0.4, -0.2) is 17.3 Å². The van der Waals surface area contributed by atoms with Crippen molar-refractivity contribution in [1.29, 1.82) is 0 Å². The molecule has 0 heterocycles. The zero-order chi connectivity index (χ0) is 15.1. The molecule has 0 aromatic heterocycles. The van der Waals surface area contributed by atoms with E-state index >= 15 is 0 Å². The van der Waals surface area contributed by atoms with Crippen LogP contribution >= 0.6 is 15.9 Å². The van der Waals surface area contributed by atoms with Crippen molar-refractivity contribution in [2.45, 2.75) is 95.7 Å². The summed E-state index contributed by atoms with van der Waals surface area (Å²) in [6.07, 6.45) is 14.6. The fraction of sp³-hybridized carbons (Fsp3) is 0.941. The second-order valence-electron chi connectivity index (χ2n) is 5.72. The van der Waals surface area contributed by atoms with Gasteiger partial charge in [-0.1, -0.05) is 81.1 Å². The molecule has 0 spiro atoms. The SMILES string of the molecule is CCCCCCCCCCCC(=O)NCCC(Br)CC. The zero-order valence-corrected chi connectivity index (χ0v) is 15.1. The lowest BCUT2D eigenvalue weighted by Gasteiger charge is -2.08. The number of rotatable bonds is 14. The van der Waals surface area contributed by atoms with Crippen LogP contribution < -0.4 is 5.32 Å². The molecule has 0 saturated carbocycles. The summed E-state index contributed by atoms with van der Waals surface area (Å²) in [5.74, 6) is 0.226. The smallest absolute Gasteiger partial charge is 0.219 e. The standard InChI is InChI=1S/C17H34BrNO/c1-3-5-6-7-8-9-10-11-12-13-17(20)19-15-14-16(18)4-2/h16H,3-15H2,1-2H3,(H,19,20). The van der Waals surface area contributed by atoms with Crippen LogP contribution in [-0.2, 0) is 4.79 Å². The minimum absolute atomic E-state index is 0.226. The Hall–Kier alpha value is -0.0500. The van der Waals surface area contributed by atoms with E-state index in [0.717, 1.165) is 25.8 Å². The van der Waals surface area contributed by atoms with Crippen molar-refractivity contribution in [3.63, 3.8) is 0 Å². The van der Waals surface area contributed by atoms with Crippen LogP contribution in [0.2, 0.25) is 0 Å². The predicted octanol–water partition coefficient (Wildman–Crippen LogP) is 5.59. The van der Waals surface area contributed by atoms with Gasteiger partial charge in [0.15, 0.2) is 0 Å². The lowest BCUT2D eigenvalue weighted by Crippen LogP contribution is -2.25. The van der Waals surface area contributed by atoms with Crippen molar-refractivity contribution >= 4 is 21.8 Å². The molecule has 20 heavy (non-hydrogen) atoms. The molecule has 0 aliphatic carbocycles. The second-order valence-corrected chi connectivity index (χ2v) is 7.02. The highest BCUT2D eigenvalue weighted by atomic mass is 79.9.